The minimum atomic E-state index is -0.683. The number of rotatable bonds is 8. The second kappa shape index (κ2) is 8.79. The van der Waals surface area contributed by atoms with E-state index in [1.807, 2.05) is 24.3 Å². The molecule has 0 fully saturated rings. The first-order chi connectivity index (χ1) is 11.0. The SMILES string of the molecule is CC(C)Sc1ccc(CC(=O)NCCC(O)c2ccco2)cc1. The third kappa shape index (κ3) is 6.12. The predicted molar refractivity (Wildman–Crippen MR) is 92.4 cm³/mol. The molecule has 2 aromatic rings. The number of benzene rings is 1. The first-order valence-electron chi connectivity index (χ1n) is 7.78. The Morgan fingerprint density at radius 1 is 1.26 bits per heavy atom. The average Bonchev–Trinajstić information content (AvgIpc) is 3.03. The highest BCUT2D eigenvalue weighted by Crippen LogP contribution is 2.23. The van der Waals surface area contributed by atoms with Crippen molar-refractivity contribution >= 4 is 17.7 Å². The Kier molecular flexibility index (Phi) is 6.74. The molecule has 0 aliphatic carbocycles. The van der Waals surface area contributed by atoms with Gasteiger partial charge in [-0.25, -0.2) is 0 Å². The Morgan fingerprint density at radius 3 is 2.61 bits per heavy atom. The van der Waals surface area contributed by atoms with Crippen LogP contribution in [0.15, 0.2) is 52.0 Å². The lowest BCUT2D eigenvalue weighted by Crippen LogP contribution is -2.27. The summed E-state index contributed by atoms with van der Waals surface area (Å²) in [6.45, 7) is 4.73. The zero-order chi connectivity index (χ0) is 16.7. The molecule has 0 saturated carbocycles. The van der Waals surface area contributed by atoms with Crippen LogP contribution in [0.25, 0.3) is 0 Å². The summed E-state index contributed by atoms with van der Waals surface area (Å²) in [5.74, 6) is 0.485. The summed E-state index contributed by atoms with van der Waals surface area (Å²) < 4.78 is 5.12. The zero-order valence-corrected chi connectivity index (χ0v) is 14.3. The van der Waals surface area contributed by atoms with Crippen molar-refractivity contribution in [1.29, 1.82) is 0 Å². The van der Waals surface area contributed by atoms with Gasteiger partial charge in [0.1, 0.15) is 11.9 Å². The van der Waals surface area contributed by atoms with E-state index in [0.29, 0.717) is 30.4 Å². The van der Waals surface area contributed by atoms with Gasteiger partial charge in [-0.15, -0.1) is 11.8 Å². The number of hydrogen-bond donors (Lipinski definition) is 2. The van der Waals surface area contributed by atoms with E-state index in [9.17, 15) is 9.90 Å². The Bertz CT molecular complexity index is 593. The molecule has 1 amide bonds. The van der Waals surface area contributed by atoms with E-state index < -0.39 is 6.10 Å². The number of aliphatic hydroxyl groups excluding tert-OH is 1. The Hall–Kier alpha value is -1.72. The maximum Gasteiger partial charge on any atom is 0.224 e. The van der Waals surface area contributed by atoms with Crippen molar-refractivity contribution in [3.05, 3.63) is 54.0 Å². The van der Waals surface area contributed by atoms with Crippen LogP contribution in [0.4, 0.5) is 0 Å². The van der Waals surface area contributed by atoms with Crippen molar-refractivity contribution in [1.82, 2.24) is 5.32 Å². The maximum atomic E-state index is 11.9. The molecule has 124 valence electrons. The van der Waals surface area contributed by atoms with Gasteiger partial charge in [0.15, 0.2) is 0 Å². The molecule has 1 unspecified atom stereocenters. The smallest absolute Gasteiger partial charge is 0.224 e. The monoisotopic (exact) mass is 333 g/mol. The molecule has 1 aromatic carbocycles. The first kappa shape index (κ1) is 17.6. The summed E-state index contributed by atoms with van der Waals surface area (Å²) >= 11 is 1.80. The molecule has 0 saturated heterocycles. The van der Waals surface area contributed by atoms with Gasteiger partial charge in [0.25, 0.3) is 0 Å². The first-order valence-corrected chi connectivity index (χ1v) is 8.66. The van der Waals surface area contributed by atoms with Gasteiger partial charge in [-0.3, -0.25) is 4.79 Å². The fraction of sp³-hybridized carbons (Fsp3) is 0.389. The van der Waals surface area contributed by atoms with Crippen LogP contribution in [0.2, 0.25) is 0 Å². The van der Waals surface area contributed by atoms with Crippen molar-refractivity contribution in [3.63, 3.8) is 0 Å². The molecule has 2 rings (SSSR count). The van der Waals surface area contributed by atoms with E-state index in [2.05, 4.69) is 19.2 Å². The predicted octanol–water partition coefficient (Wildman–Crippen LogP) is 3.56. The summed E-state index contributed by atoms with van der Waals surface area (Å²) in [5, 5.41) is 13.2. The lowest BCUT2D eigenvalue weighted by Gasteiger charge is -2.09. The molecular weight excluding hydrogens is 310 g/mol. The minimum absolute atomic E-state index is 0.0408. The molecule has 0 aliphatic rings. The van der Waals surface area contributed by atoms with Gasteiger partial charge in [-0.2, -0.15) is 0 Å². The molecular formula is C18H23NO3S. The number of aliphatic hydroxyl groups is 1. The quantitative estimate of drug-likeness (QED) is 0.725. The number of thioether (sulfide) groups is 1. The number of amides is 1. The molecule has 1 aromatic heterocycles. The van der Waals surface area contributed by atoms with Crippen LogP contribution >= 0.6 is 11.8 Å². The maximum absolute atomic E-state index is 11.9. The van der Waals surface area contributed by atoms with Crippen molar-refractivity contribution in [2.45, 2.75) is 42.9 Å². The molecule has 0 aliphatic heterocycles. The standard InChI is InChI=1S/C18H23NO3S/c1-13(2)23-15-7-5-14(6-8-15)12-18(21)19-10-9-16(20)17-4-3-11-22-17/h3-8,11,13,16,20H,9-10,12H2,1-2H3,(H,19,21). The summed E-state index contributed by atoms with van der Waals surface area (Å²) in [6, 6.07) is 11.5. The normalized spacial score (nSPS) is 12.3. The molecule has 1 atom stereocenters. The van der Waals surface area contributed by atoms with E-state index in [1.165, 1.54) is 11.2 Å². The third-order valence-corrected chi connectivity index (χ3v) is 4.29. The number of carbonyl (C=O) groups is 1. The molecule has 4 nitrogen and oxygen atoms in total. The van der Waals surface area contributed by atoms with Crippen LogP contribution in [0.3, 0.4) is 0 Å². The molecule has 0 radical (unpaired) electrons. The second-order valence-electron chi connectivity index (χ2n) is 5.66. The Balaban J connectivity index is 1.72. The highest BCUT2D eigenvalue weighted by molar-refractivity contribution is 7.99. The molecule has 1 heterocycles. The minimum Gasteiger partial charge on any atom is -0.467 e. The molecule has 0 spiro atoms. The topological polar surface area (TPSA) is 62.5 Å². The van der Waals surface area contributed by atoms with Gasteiger partial charge in [-0.05, 0) is 36.2 Å². The lowest BCUT2D eigenvalue weighted by molar-refractivity contribution is -0.120. The Morgan fingerprint density at radius 2 is 2.00 bits per heavy atom. The van der Waals surface area contributed by atoms with Crippen molar-refractivity contribution in [3.8, 4) is 0 Å². The number of carbonyl (C=O) groups excluding carboxylic acids is 1. The summed E-state index contributed by atoms with van der Waals surface area (Å²) in [5.41, 5.74) is 0.988. The zero-order valence-electron chi connectivity index (χ0n) is 13.5. The summed E-state index contributed by atoms with van der Waals surface area (Å²) in [6.07, 6.45) is 1.63. The summed E-state index contributed by atoms with van der Waals surface area (Å²) in [7, 11) is 0. The molecule has 2 N–H and O–H groups in total. The Labute approximate surface area is 141 Å². The van der Waals surface area contributed by atoms with E-state index in [1.54, 1.807) is 23.9 Å². The lowest BCUT2D eigenvalue weighted by atomic mass is 10.1. The molecule has 23 heavy (non-hydrogen) atoms. The number of furan rings is 1. The van der Waals surface area contributed by atoms with Crippen LogP contribution < -0.4 is 5.32 Å². The largest absolute Gasteiger partial charge is 0.467 e. The van der Waals surface area contributed by atoms with Gasteiger partial charge in [0.05, 0.1) is 12.7 Å². The van der Waals surface area contributed by atoms with Crippen molar-refractivity contribution in [2.75, 3.05) is 6.54 Å². The summed E-state index contributed by atoms with van der Waals surface area (Å²) in [4.78, 5) is 13.1. The fourth-order valence-corrected chi connectivity index (χ4v) is 3.01. The van der Waals surface area contributed by atoms with Crippen LogP contribution in [0, 0.1) is 0 Å². The van der Waals surface area contributed by atoms with Gasteiger partial charge < -0.3 is 14.8 Å². The van der Waals surface area contributed by atoms with Crippen molar-refractivity contribution in [2.24, 2.45) is 0 Å². The third-order valence-electron chi connectivity index (χ3n) is 3.27. The molecule has 0 bridgehead atoms. The second-order valence-corrected chi connectivity index (χ2v) is 7.31. The van der Waals surface area contributed by atoms with E-state index >= 15 is 0 Å². The number of hydrogen-bond acceptors (Lipinski definition) is 4. The van der Waals surface area contributed by atoms with Crippen LogP contribution in [0.1, 0.15) is 37.7 Å². The van der Waals surface area contributed by atoms with Gasteiger partial charge in [0, 0.05) is 16.7 Å². The van der Waals surface area contributed by atoms with Gasteiger partial charge in [-0.1, -0.05) is 26.0 Å². The highest BCUT2D eigenvalue weighted by Gasteiger charge is 2.11. The van der Waals surface area contributed by atoms with Crippen LogP contribution in [-0.2, 0) is 11.2 Å². The van der Waals surface area contributed by atoms with Gasteiger partial charge in [0.2, 0.25) is 5.91 Å². The highest BCUT2D eigenvalue weighted by atomic mass is 32.2. The van der Waals surface area contributed by atoms with Crippen LogP contribution in [0.5, 0.6) is 0 Å². The van der Waals surface area contributed by atoms with E-state index in [0.717, 1.165) is 5.56 Å². The molecule has 5 heteroatoms. The van der Waals surface area contributed by atoms with E-state index in [4.69, 9.17) is 4.42 Å². The number of nitrogens with one attached hydrogen (secondary N) is 1. The van der Waals surface area contributed by atoms with Crippen molar-refractivity contribution < 1.29 is 14.3 Å². The average molecular weight is 333 g/mol. The van der Waals surface area contributed by atoms with Crippen LogP contribution in [-0.4, -0.2) is 22.8 Å². The fourth-order valence-electron chi connectivity index (χ4n) is 2.18. The van der Waals surface area contributed by atoms with Gasteiger partial charge >= 0.3 is 0 Å². The van der Waals surface area contributed by atoms with E-state index in [-0.39, 0.29) is 5.91 Å².